The van der Waals surface area contributed by atoms with Crippen LogP contribution in [0.3, 0.4) is 0 Å². The number of ether oxygens (including phenoxy) is 2. The predicted molar refractivity (Wildman–Crippen MR) is 73.9 cm³/mol. The number of rotatable bonds is 5. The number of hydrogen-bond acceptors (Lipinski definition) is 3. The number of likely N-dealkylation sites (tertiary alicyclic amines) is 1. The Balaban J connectivity index is 2.24. The highest BCUT2D eigenvalue weighted by Gasteiger charge is 2.22. The number of carbonyl (C=O) groups excluding carboxylic acids is 1. The average molecular weight is 263 g/mol. The Hall–Kier alpha value is -1.71. The molecule has 0 bridgehead atoms. The van der Waals surface area contributed by atoms with Gasteiger partial charge in [0.15, 0.2) is 0 Å². The summed E-state index contributed by atoms with van der Waals surface area (Å²) in [6.07, 6.45) is 2.18. The monoisotopic (exact) mass is 263 g/mol. The molecule has 1 aliphatic heterocycles. The van der Waals surface area contributed by atoms with Crippen LogP contribution in [0.2, 0.25) is 0 Å². The van der Waals surface area contributed by atoms with Crippen molar-refractivity contribution in [3.05, 3.63) is 23.8 Å². The smallest absolute Gasteiger partial charge is 0.257 e. The molecule has 0 saturated carbocycles. The second-order valence-corrected chi connectivity index (χ2v) is 4.52. The molecule has 0 N–H and O–H groups in total. The number of amides is 1. The third-order valence-electron chi connectivity index (χ3n) is 3.19. The van der Waals surface area contributed by atoms with Gasteiger partial charge in [-0.2, -0.15) is 0 Å². The lowest BCUT2D eigenvalue weighted by molar-refractivity contribution is 0.0788. The summed E-state index contributed by atoms with van der Waals surface area (Å²) in [4.78, 5) is 14.3. The molecule has 0 aromatic heterocycles. The van der Waals surface area contributed by atoms with E-state index in [0.717, 1.165) is 31.7 Å². The maximum Gasteiger partial charge on any atom is 0.257 e. The van der Waals surface area contributed by atoms with Gasteiger partial charge in [-0.25, -0.2) is 0 Å². The molecule has 1 amide bonds. The lowest BCUT2D eigenvalue weighted by atomic mass is 10.1. The summed E-state index contributed by atoms with van der Waals surface area (Å²) >= 11 is 0. The minimum absolute atomic E-state index is 0.0593. The summed E-state index contributed by atoms with van der Waals surface area (Å²) in [5.74, 6) is 1.42. The summed E-state index contributed by atoms with van der Waals surface area (Å²) in [7, 11) is 0. The molecule has 19 heavy (non-hydrogen) atoms. The van der Waals surface area contributed by atoms with Gasteiger partial charge < -0.3 is 14.4 Å². The van der Waals surface area contributed by atoms with Gasteiger partial charge in [-0.3, -0.25) is 4.79 Å². The van der Waals surface area contributed by atoms with E-state index in [-0.39, 0.29) is 5.91 Å². The lowest BCUT2D eigenvalue weighted by Gasteiger charge is -2.18. The van der Waals surface area contributed by atoms with Crippen LogP contribution in [-0.4, -0.2) is 37.1 Å². The predicted octanol–water partition coefficient (Wildman–Crippen LogP) is 2.72. The summed E-state index contributed by atoms with van der Waals surface area (Å²) in [6.45, 7) is 6.68. The standard InChI is InChI=1S/C15H21NO3/c1-3-18-12-7-8-13(14(11-12)19-4-2)15(17)16-9-5-6-10-16/h7-8,11H,3-6,9-10H2,1-2H3. The molecule has 1 heterocycles. The largest absolute Gasteiger partial charge is 0.494 e. The SMILES string of the molecule is CCOc1ccc(C(=O)N2CCCC2)c(OCC)c1. The topological polar surface area (TPSA) is 38.8 Å². The van der Waals surface area contributed by atoms with Crippen molar-refractivity contribution in [1.29, 1.82) is 0 Å². The Kier molecular flexibility index (Phi) is 4.66. The third-order valence-corrected chi connectivity index (χ3v) is 3.19. The Bertz CT molecular complexity index is 439. The van der Waals surface area contributed by atoms with Crippen LogP contribution in [0, 0.1) is 0 Å². The second kappa shape index (κ2) is 6.45. The van der Waals surface area contributed by atoms with E-state index < -0.39 is 0 Å². The minimum Gasteiger partial charge on any atom is -0.494 e. The van der Waals surface area contributed by atoms with Crippen molar-refractivity contribution >= 4 is 5.91 Å². The Morgan fingerprint density at radius 2 is 1.84 bits per heavy atom. The number of carbonyl (C=O) groups is 1. The van der Waals surface area contributed by atoms with Gasteiger partial charge >= 0.3 is 0 Å². The summed E-state index contributed by atoms with van der Waals surface area (Å²) in [5, 5.41) is 0. The molecule has 0 radical (unpaired) electrons. The van der Waals surface area contributed by atoms with Gasteiger partial charge in [-0.1, -0.05) is 0 Å². The molecule has 2 rings (SSSR count). The first-order chi connectivity index (χ1) is 9.26. The quantitative estimate of drug-likeness (QED) is 0.820. The van der Waals surface area contributed by atoms with E-state index in [2.05, 4.69) is 0 Å². The molecule has 1 fully saturated rings. The molecule has 1 saturated heterocycles. The number of hydrogen-bond donors (Lipinski definition) is 0. The molecule has 1 aromatic carbocycles. The van der Waals surface area contributed by atoms with Crippen LogP contribution >= 0.6 is 0 Å². The summed E-state index contributed by atoms with van der Waals surface area (Å²) < 4.78 is 11.0. The van der Waals surface area contributed by atoms with Gasteiger partial charge in [0.05, 0.1) is 18.8 Å². The van der Waals surface area contributed by atoms with E-state index >= 15 is 0 Å². The number of benzene rings is 1. The van der Waals surface area contributed by atoms with Gasteiger partial charge in [0.2, 0.25) is 0 Å². The molecule has 0 spiro atoms. The molecule has 104 valence electrons. The molecular weight excluding hydrogens is 242 g/mol. The highest BCUT2D eigenvalue weighted by Crippen LogP contribution is 2.27. The van der Waals surface area contributed by atoms with Crippen molar-refractivity contribution < 1.29 is 14.3 Å². The zero-order chi connectivity index (χ0) is 13.7. The minimum atomic E-state index is 0.0593. The molecule has 4 nitrogen and oxygen atoms in total. The Morgan fingerprint density at radius 1 is 1.16 bits per heavy atom. The van der Waals surface area contributed by atoms with Gasteiger partial charge in [-0.05, 0) is 38.8 Å². The van der Waals surface area contributed by atoms with Crippen LogP contribution in [0.15, 0.2) is 18.2 Å². The molecule has 1 aliphatic rings. The third kappa shape index (κ3) is 3.19. The van der Waals surface area contributed by atoms with Crippen LogP contribution < -0.4 is 9.47 Å². The van der Waals surface area contributed by atoms with E-state index in [4.69, 9.17) is 9.47 Å². The van der Waals surface area contributed by atoms with E-state index in [1.54, 1.807) is 12.1 Å². The zero-order valence-corrected chi connectivity index (χ0v) is 11.6. The van der Waals surface area contributed by atoms with Crippen LogP contribution in [0.1, 0.15) is 37.0 Å². The van der Waals surface area contributed by atoms with Crippen molar-refractivity contribution in [2.45, 2.75) is 26.7 Å². The van der Waals surface area contributed by atoms with Gasteiger partial charge in [-0.15, -0.1) is 0 Å². The number of nitrogens with zero attached hydrogens (tertiary/aromatic N) is 1. The molecular formula is C15H21NO3. The van der Waals surface area contributed by atoms with Crippen molar-refractivity contribution in [3.63, 3.8) is 0 Å². The van der Waals surface area contributed by atoms with E-state index in [9.17, 15) is 4.79 Å². The highest BCUT2D eigenvalue weighted by molar-refractivity contribution is 5.97. The second-order valence-electron chi connectivity index (χ2n) is 4.52. The molecule has 0 unspecified atom stereocenters. The highest BCUT2D eigenvalue weighted by atomic mass is 16.5. The van der Waals surface area contributed by atoms with Crippen LogP contribution in [-0.2, 0) is 0 Å². The van der Waals surface area contributed by atoms with Crippen molar-refractivity contribution in [1.82, 2.24) is 4.90 Å². The van der Waals surface area contributed by atoms with Crippen molar-refractivity contribution in [2.75, 3.05) is 26.3 Å². The molecule has 0 atom stereocenters. The van der Waals surface area contributed by atoms with E-state index in [1.165, 1.54) is 0 Å². The van der Waals surface area contributed by atoms with Crippen molar-refractivity contribution in [3.8, 4) is 11.5 Å². The summed E-state index contributed by atoms with van der Waals surface area (Å²) in [6, 6.07) is 5.43. The van der Waals surface area contributed by atoms with Crippen molar-refractivity contribution in [2.24, 2.45) is 0 Å². The fraction of sp³-hybridized carbons (Fsp3) is 0.533. The average Bonchev–Trinajstić information content (AvgIpc) is 2.93. The molecule has 0 aliphatic carbocycles. The fourth-order valence-electron chi connectivity index (χ4n) is 2.30. The van der Waals surface area contributed by atoms with Gasteiger partial charge in [0, 0.05) is 19.2 Å². The van der Waals surface area contributed by atoms with E-state index in [1.807, 2.05) is 24.8 Å². The Morgan fingerprint density at radius 3 is 2.47 bits per heavy atom. The van der Waals surface area contributed by atoms with Gasteiger partial charge in [0.1, 0.15) is 11.5 Å². The molecule has 1 aromatic rings. The first-order valence-electron chi connectivity index (χ1n) is 6.95. The first kappa shape index (κ1) is 13.7. The molecule has 4 heteroatoms. The lowest BCUT2D eigenvalue weighted by Crippen LogP contribution is -2.28. The van der Waals surface area contributed by atoms with Crippen LogP contribution in [0.5, 0.6) is 11.5 Å². The summed E-state index contributed by atoms with van der Waals surface area (Å²) in [5.41, 5.74) is 0.632. The van der Waals surface area contributed by atoms with Crippen LogP contribution in [0.4, 0.5) is 0 Å². The maximum absolute atomic E-state index is 12.4. The fourth-order valence-corrected chi connectivity index (χ4v) is 2.30. The normalized spacial score (nSPS) is 14.5. The van der Waals surface area contributed by atoms with Crippen LogP contribution in [0.25, 0.3) is 0 Å². The zero-order valence-electron chi connectivity index (χ0n) is 11.6. The first-order valence-corrected chi connectivity index (χ1v) is 6.95. The van der Waals surface area contributed by atoms with Gasteiger partial charge in [0.25, 0.3) is 5.91 Å². The Labute approximate surface area is 114 Å². The van der Waals surface area contributed by atoms with E-state index in [0.29, 0.717) is 24.5 Å². The maximum atomic E-state index is 12.4.